The smallest absolute Gasteiger partial charge is 0.0783 e. The average Bonchev–Trinajstić information content (AvgIpc) is 2.83. The molecule has 0 aliphatic heterocycles. The van der Waals surface area contributed by atoms with Crippen LogP contribution in [0.3, 0.4) is 0 Å². The normalized spacial score (nSPS) is 30.2. The fraction of sp³-hybridized carbons (Fsp3) is 0.435. The lowest BCUT2D eigenvalue weighted by atomic mass is 9.64. The van der Waals surface area contributed by atoms with Crippen LogP contribution in [0.5, 0.6) is 0 Å². The lowest BCUT2D eigenvalue weighted by molar-refractivity contribution is 0.172. The zero-order chi connectivity index (χ0) is 16.9. The molecule has 1 aromatic heterocycles. The van der Waals surface area contributed by atoms with Crippen molar-refractivity contribution in [3.63, 3.8) is 0 Å². The van der Waals surface area contributed by atoms with Crippen molar-refractivity contribution < 1.29 is 0 Å². The maximum Gasteiger partial charge on any atom is 0.0783 e. The van der Waals surface area contributed by atoms with Gasteiger partial charge in [0.25, 0.3) is 0 Å². The third-order valence-electron chi connectivity index (χ3n) is 8.11. The van der Waals surface area contributed by atoms with Gasteiger partial charge in [-0.15, -0.1) is 0 Å². The molecule has 0 radical (unpaired) electrons. The monoisotopic (exact) mass is 315 g/mol. The Morgan fingerprint density at radius 2 is 1.54 bits per heavy atom. The zero-order valence-electron chi connectivity index (χ0n) is 15.3. The van der Waals surface area contributed by atoms with E-state index in [1.165, 1.54) is 45.6 Å². The van der Waals surface area contributed by atoms with Crippen molar-refractivity contribution in [3.8, 4) is 0 Å². The number of aromatic nitrogens is 1. The highest BCUT2D eigenvalue weighted by atomic mass is 14.8. The van der Waals surface area contributed by atoms with Crippen LogP contribution < -0.4 is 0 Å². The minimum atomic E-state index is 0.243. The summed E-state index contributed by atoms with van der Waals surface area (Å²) in [5, 5.41) is 4.02. The molecule has 5 rings (SSSR count). The van der Waals surface area contributed by atoms with Crippen LogP contribution in [0, 0.1) is 12.3 Å². The summed E-state index contributed by atoms with van der Waals surface area (Å²) in [5.41, 5.74) is 6.40. The third kappa shape index (κ3) is 1.30. The maximum absolute atomic E-state index is 4.98. The van der Waals surface area contributed by atoms with Gasteiger partial charge in [0, 0.05) is 22.4 Å². The van der Waals surface area contributed by atoms with Gasteiger partial charge in [0.05, 0.1) is 5.52 Å². The molecule has 2 unspecified atom stereocenters. The Morgan fingerprint density at radius 3 is 2.29 bits per heavy atom. The Hall–Kier alpha value is -1.89. The number of fused-ring (bicyclic) bond motifs is 9. The molecule has 0 spiro atoms. The van der Waals surface area contributed by atoms with Crippen LogP contribution in [-0.2, 0) is 10.8 Å². The van der Waals surface area contributed by atoms with Crippen molar-refractivity contribution in [1.82, 2.24) is 4.98 Å². The second-order valence-corrected chi connectivity index (χ2v) is 8.97. The highest BCUT2D eigenvalue weighted by molar-refractivity contribution is 6.08. The zero-order valence-corrected chi connectivity index (χ0v) is 15.3. The first kappa shape index (κ1) is 14.5. The highest BCUT2D eigenvalue weighted by Gasteiger charge is 2.66. The molecule has 1 fully saturated rings. The van der Waals surface area contributed by atoms with Gasteiger partial charge < -0.3 is 0 Å². The van der Waals surface area contributed by atoms with Gasteiger partial charge in [-0.1, -0.05) is 52.0 Å². The summed E-state index contributed by atoms with van der Waals surface area (Å²) < 4.78 is 0. The minimum absolute atomic E-state index is 0.243. The fourth-order valence-corrected chi connectivity index (χ4v) is 5.87. The Bertz CT molecular complexity index is 1030. The van der Waals surface area contributed by atoms with Crippen molar-refractivity contribution >= 4 is 21.7 Å². The molecule has 122 valence electrons. The van der Waals surface area contributed by atoms with E-state index in [4.69, 9.17) is 4.98 Å². The van der Waals surface area contributed by atoms with Crippen molar-refractivity contribution in [2.24, 2.45) is 5.41 Å². The number of rotatable bonds is 0. The van der Waals surface area contributed by atoms with Crippen molar-refractivity contribution in [1.29, 1.82) is 0 Å². The molecule has 1 heterocycles. The molecule has 3 aromatic rings. The SMILES string of the molecule is Cc1cc2c3c(cnc2c2ccccc12)C1(C)CCC3(C)C1(C)C. The number of aryl methyl sites for hydroxylation is 1. The van der Waals surface area contributed by atoms with Crippen molar-refractivity contribution in [2.75, 3.05) is 0 Å². The first-order valence-corrected chi connectivity index (χ1v) is 9.13. The molecule has 0 amide bonds. The predicted molar refractivity (Wildman–Crippen MR) is 102 cm³/mol. The molecular formula is C23H25N. The number of hydrogen-bond acceptors (Lipinski definition) is 1. The van der Waals surface area contributed by atoms with E-state index in [9.17, 15) is 0 Å². The minimum Gasteiger partial charge on any atom is -0.255 e. The molecular weight excluding hydrogens is 290 g/mol. The quantitative estimate of drug-likeness (QED) is 0.460. The topological polar surface area (TPSA) is 12.9 Å². The van der Waals surface area contributed by atoms with Crippen LogP contribution in [0.2, 0.25) is 0 Å². The lowest BCUT2D eigenvalue weighted by Gasteiger charge is -2.39. The summed E-state index contributed by atoms with van der Waals surface area (Å²) in [6.07, 6.45) is 4.77. The van der Waals surface area contributed by atoms with E-state index in [1.807, 2.05) is 0 Å². The lowest BCUT2D eigenvalue weighted by Crippen LogP contribution is -2.37. The van der Waals surface area contributed by atoms with Crippen LogP contribution in [0.4, 0.5) is 0 Å². The van der Waals surface area contributed by atoms with Gasteiger partial charge in [-0.3, -0.25) is 4.98 Å². The van der Waals surface area contributed by atoms with Gasteiger partial charge >= 0.3 is 0 Å². The van der Waals surface area contributed by atoms with E-state index < -0.39 is 0 Å². The number of nitrogens with zero attached hydrogens (tertiary/aromatic N) is 1. The van der Waals surface area contributed by atoms with Gasteiger partial charge in [0.2, 0.25) is 0 Å². The second-order valence-electron chi connectivity index (χ2n) is 8.97. The first-order valence-electron chi connectivity index (χ1n) is 9.13. The van der Waals surface area contributed by atoms with E-state index in [0.29, 0.717) is 0 Å². The Labute approximate surface area is 144 Å². The van der Waals surface area contributed by atoms with E-state index in [1.54, 1.807) is 5.56 Å². The number of pyridine rings is 1. The first-order chi connectivity index (χ1) is 11.3. The molecule has 1 saturated carbocycles. The van der Waals surface area contributed by atoms with Gasteiger partial charge in [-0.25, -0.2) is 0 Å². The van der Waals surface area contributed by atoms with Gasteiger partial charge in [0.15, 0.2) is 0 Å². The predicted octanol–water partition coefficient (Wildman–Crippen LogP) is 6.05. The van der Waals surface area contributed by atoms with E-state index >= 15 is 0 Å². The highest BCUT2D eigenvalue weighted by Crippen LogP contribution is 2.71. The van der Waals surface area contributed by atoms with E-state index in [-0.39, 0.29) is 16.2 Å². The molecule has 2 atom stereocenters. The third-order valence-corrected chi connectivity index (χ3v) is 8.11. The molecule has 1 heteroatoms. The molecule has 2 bridgehead atoms. The summed E-state index contributed by atoms with van der Waals surface area (Å²) in [4.78, 5) is 4.98. The summed E-state index contributed by atoms with van der Waals surface area (Å²) in [6, 6.07) is 11.1. The molecule has 1 nitrogen and oxygen atoms in total. The van der Waals surface area contributed by atoms with E-state index in [2.05, 4.69) is 71.1 Å². The Morgan fingerprint density at radius 1 is 0.875 bits per heavy atom. The van der Waals surface area contributed by atoms with Crippen LogP contribution in [0.1, 0.15) is 57.2 Å². The molecule has 24 heavy (non-hydrogen) atoms. The fourth-order valence-electron chi connectivity index (χ4n) is 5.87. The Balaban J connectivity index is 2.00. The van der Waals surface area contributed by atoms with Crippen molar-refractivity contribution in [3.05, 3.63) is 53.2 Å². The summed E-state index contributed by atoms with van der Waals surface area (Å²) in [7, 11) is 0. The number of benzene rings is 2. The van der Waals surface area contributed by atoms with Crippen LogP contribution in [0.15, 0.2) is 36.5 Å². The summed E-state index contributed by atoms with van der Waals surface area (Å²) in [5.74, 6) is 0. The van der Waals surface area contributed by atoms with Crippen molar-refractivity contribution in [2.45, 2.75) is 58.3 Å². The summed E-state index contributed by atoms with van der Waals surface area (Å²) >= 11 is 0. The van der Waals surface area contributed by atoms with Crippen LogP contribution in [0.25, 0.3) is 21.7 Å². The van der Waals surface area contributed by atoms with Crippen LogP contribution >= 0.6 is 0 Å². The molecule has 2 aliphatic rings. The molecule has 2 aromatic carbocycles. The maximum atomic E-state index is 4.98. The van der Waals surface area contributed by atoms with Crippen LogP contribution in [-0.4, -0.2) is 4.98 Å². The molecule has 0 N–H and O–H groups in total. The average molecular weight is 315 g/mol. The molecule has 0 saturated heterocycles. The van der Waals surface area contributed by atoms with E-state index in [0.717, 1.165) is 0 Å². The van der Waals surface area contributed by atoms with Gasteiger partial charge in [-0.05, 0) is 58.7 Å². The standard InChI is InChI=1S/C23H25N/c1-14-12-17-19-18(22(4)10-11-23(19,5)21(22,2)3)13-24-20(17)16-9-7-6-8-15(14)16/h6-9,12-13H,10-11H2,1-5H3. The second kappa shape index (κ2) is 4.02. The largest absolute Gasteiger partial charge is 0.255 e. The van der Waals surface area contributed by atoms with Gasteiger partial charge in [0.1, 0.15) is 0 Å². The van der Waals surface area contributed by atoms with Gasteiger partial charge in [-0.2, -0.15) is 0 Å². The Kier molecular flexibility index (Phi) is 2.42. The summed E-state index contributed by atoms with van der Waals surface area (Å²) in [6.45, 7) is 12.1. The number of hydrogen-bond donors (Lipinski definition) is 0. The molecule has 2 aliphatic carbocycles.